The Hall–Kier alpha value is -0.120. The Morgan fingerprint density at radius 1 is 1.38 bits per heavy atom. The number of hydrogen-bond acceptors (Lipinski definition) is 3. The largest absolute Gasteiger partial charge is 0.393 e. The summed E-state index contributed by atoms with van der Waals surface area (Å²) < 4.78 is 11.3. The van der Waals surface area contributed by atoms with Crippen molar-refractivity contribution in [2.45, 2.75) is 51.2 Å². The highest BCUT2D eigenvalue weighted by Gasteiger charge is 2.41. The van der Waals surface area contributed by atoms with Crippen molar-refractivity contribution in [1.29, 1.82) is 0 Å². The fourth-order valence-electron chi connectivity index (χ4n) is 2.81. The van der Waals surface area contributed by atoms with Crippen LogP contribution in [0.5, 0.6) is 0 Å². The lowest BCUT2D eigenvalue weighted by Crippen LogP contribution is -2.41. The Balaban J connectivity index is 1.87. The molecule has 2 aliphatic rings. The summed E-state index contributed by atoms with van der Waals surface area (Å²) in [5.74, 6) is 0.964. The first-order chi connectivity index (χ1) is 7.61. The van der Waals surface area contributed by atoms with Crippen LogP contribution in [0, 0.1) is 11.8 Å². The van der Waals surface area contributed by atoms with Crippen LogP contribution < -0.4 is 0 Å². The van der Waals surface area contributed by atoms with Gasteiger partial charge in [0, 0.05) is 19.6 Å². The number of ether oxygens (including phenoxy) is 2. The molecule has 94 valence electrons. The fraction of sp³-hybridized carbons (Fsp3) is 1.00. The van der Waals surface area contributed by atoms with Crippen LogP contribution in [-0.4, -0.2) is 36.6 Å². The third-order valence-electron chi connectivity index (χ3n) is 4.01. The molecular formula is C13H24O3. The van der Waals surface area contributed by atoms with Gasteiger partial charge in [0.1, 0.15) is 0 Å². The number of aliphatic hydroxyl groups is 1. The van der Waals surface area contributed by atoms with Crippen molar-refractivity contribution in [2.24, 2.45) is 11.8 Å². The molecule has 3 nitrogen and oxygen atoms in total. The van der Waals surface area contributed by atoms with Crippen molar-refractivity contribution >= 4 is 0 Å². The summed E-state index contributed by atoms with van der Waals surface area (Å²) in [4.78, 5) is 0. The van der Waals surface area contributed by atoms with Crippen molar-refractivity contribution in [3.05, 3.63) is 0 Å². The van der Waals surface area contributed by atoms with E-state index in [1.165, 1.54) is 0 Å². The quantitative estimate of drug-likeness (QED) is 0.802. The molecule has 3 unspecified atom stereocenters. The Bertz CT molecular complexity index is 221. The molecule has 3 heteroatoms. The number of aliphatic hydroxyl groups excluding tert-OH is 1. The predicted molar refractivity (Wildman–Crippen MR) is 62.3 cm³/mol. The van der Waals surface area contributed by atoms with Gasteiger partial charge in [-0.25, -0.2) is 0 Å². The second-order valence-electron chi connectivity index (χ2n) is 5.74. The van der Waals surface area contributed by atoms with Crippen LogP contribution in [0.25, 0.3) is 0 Å². The van der Waals surface area contributed by atoms with Crippen molar-refractivity contribution in [2.75, 3.05) is 19.8 Å². The van der Waals surface area contributed by atoms with Gasteiger partial charge < -0.3 is 14.6 Å². The molecule has 3 atom stereocenters. The van der Waals surface area contributed by atoms with E-state index in [0.717, 1.165) is 45.5 Å². The molecular weight excluding hydrogens is 204 g/mol. The summed E-state index contributed by atoms with van der Waals surface area (Å²) in [7, 11) is 0. The minimum Gasteiger partial charge on any atom is -0.393 e. The lowest BCUT2D eigenvalue weighted by molar-refractivity contribution is -0.104. The smallest absolute Gasteiger partial charge is 0.0939 e. The predicted octanol–water partition coefficient (Wildman–Crippen LogP) is 1.98. The standard InChI is InChI=1S/C13H24O3/c1-10(2)12(14)7-11-3-5-16-13(8-11)4-6-15-9-13/h10-12,14H,3-9H2,1-2H3. The first kappa shape index (κ1) is 12.3. The maximum atomic E-state index is 9.94. The van der Waals surface area contributed by atoms with Crippen molar-refractivity contribution in [3.63, 3.8) is 0 Å². The van der Waals surface area contributed by atoms with E-state index in [1.54, 1.807) is 0 Å². The molecule has 2 rings (SSSR count). The van der Waals surface area contributed by atoms with Gasteiger partial charge >= 0.3 is 0 Å². The summed E-state index contributed by atoms with van der Waals surface area (Å²) in [5.41, 5.74) is -0.0143. The van der Waals surface area contributed by atoms with Crippen LogP contribution >= 0.6 is 0 Å². The van der Waals surface area contributed by atoms with Gasteiger partial charge in [0.15, 0.2) is 0 Å². The second kappa shape index (κ2) is 5.03. The third-order valence-corrected chi connectivity index (χ3v) is 4.01. The van der Waals surface area contributed by atoms with Gasteiger partial charge in [-0.2, -0.15) is 0 Å². The Morgan fingerprint density at radius 3 is 2.81 bits per heavy atom. The molecule has 0 aromatic heterocycles. The van der Waals surface area contributed by atoms with Crippen LogP contribution in [-0.2, 0) is 9.47 Å². The molecule has 0 radical (unpaired) electrons. The van der Waals surface area contributed by atoms with E-state index in [2.05, 4.69) is 13.8 Å². The van der Waals surface area contributed by atoms with Gasteiger partial charge in [0.05, 0.1) is 18.3 Å². The molecule has 0 amide bonds. The van der Waals surface area contributed by atoms with Crippen molar-refractivity contribution in [3.8, 4) is 0 Å². The molecule has 16 heavy (non-hydrogen) atoms. The van der Waals surface area contributed by atoms with Crippen LogP contribution in [0.4, 0.5) is 0 Å². The van der Waals surface area contributed by atoms with Gasteiger partial charge in [-0.3, -0.25) is 0 Å². The van der Waals surface area contributed by atoms with Gasteiger partial charge in [-0.05, 0) is 31.1 Å². The Morgan fingerprint density at radius 2 is 2.19 bits per heavy atom. The lowest BCUT2D eigenvalue weighted by Gasteiger charge is -2.38. The Kier molecular flexibility index (Phi) is 3.88. The van der Waals surface area contributed by atoms with E-state index in [0.29, 0.717) is 11.8 Å². The number of rotatable bonds is 3. The fourth-order valence-corrected chi connectivity index (χ4v) is 2.81. The second-order valence-corrected chi connectivity index (χ2v) is 5.74. The van der Waals surface area contributed by atoms with Crippen LogP contribution in [0.2, 0.25) is 0 Å². The van der Waals surface area contributed by atoms with Gasteiger partial charge in [0.2, 0.25) is 0 Å². The average molecular weight is 228 g/mol. The third kappa shape index (κ3) is 2.76. The van der Waals surface area contributed by atoms with Crippen LogP contribution in [0.15, 0.2) is 0 Å². The maximum Gasteiger partial charge on any atom is 0.0939 e. The van der Waals surface area contributed by atoms with E-state index < -0.39 is 0 Å². The zero-order valence-electron chi connectivity index (χ0n) is 10.4. The van der Waals surface area contributed by atoms with E-state index in [-0.39, 0.29) is 11.7 Å². The van der Waals surface area contributed by atoms with E-state index in [9.17, 15) is 5.11 Å². The highest BCUT2D eigenvalue weighted by Crippen LogP contribution is 2.37. The summed E-state index contributed by atoms with van der Waals surface area (Å²) in [5, 5.41) is 9.94. The minimum atomic E-state index is -0.164. The summed E-state index contributed by atoms with van der Waals surface area (Å²) in [6.45, 7) is 6.58. The van der Waals surface area contributed by atoms with Gasteiger partial charge in [0.25, 0.3) is 0 Å². The summed E-state index contributed by atoms with van der Waals surface area (Å²) in [6, 6.07) is 0. The molecule has 0 saturated carbocycles. The first-order valence-corrected chi connectivity index (χ1v) is 6.51. The summed E-state index contributed by atoms with van der Waals surface area (Å²) in [6.07, 6.45) is 3.94. The highest BCUT2D eigenvalue weighted by atomic mass is 16.6. The summed E-state index contributed by atoms with van der Waals surface area (Å²) >= 11 is 0. The zero-order valence-corrected chi connectivity index (χ0v) is 10.4. The molecule has 2 aliphatic heterocycles. The number of hydrogen-bond donors (Lipinski definition) is 1. The van der Waals surface area contributed by atoms with Crippen molar-refractivity contribution < 1.29 is 14.6 Å². The van der Waals surface area contributed by atoms with E-state index >= 15 is 0 Å². The van der Waals surface area contributed by atoms with Gasteiger partial charge in [-0.15, -0.1) is 0 Å². The normalized spacial score (nSPS) is 37.1. The van der Waals surface area contributed by atoms with Crippen LogP contribution in [0.1, 0.15) is 39.5 Å². The molecule has 0 aliphatic carbocycles. The molecule has 0 bridgehead atoms. The first-order valence-electron chi connectivity index (χ1n) is 6.51. The Labute approximate surface area is 98.1 Å². The maximum absolute atomic E-state index is 9.94. The minimum absolute atomic E-state index is 0.0143. The van der Waals surface area contributed by atoms with Crippen molar-refractivity contribution in [1.82, 2.24) is 0 Å². The van der Waals surface area contributed by atoms with E-state index in [1.807, 2.05) is 0 Å². The average Bonchev–Trinajstić information content (AvgIpc) is 2.66. The van der Waals surface area contributed by atoms with E-state index in [4.69, 9.17) is 9.47 Å². The van der Waals surface area contributed by atoms with Gasteiger partial charge in [-0.1, -0.05) is 13.8 Å². The van der Waals surface area contributed by atoms with Crippen LogP contribution in [0.3, 0.4) is 0 Å². The lowest BCUT2D eigenvalue weighted by atomic mass is 9.81. The topological polar surface area (TPSA) is 38.7 Å². The monoisotopic (exact) mass is 228 g/mol. The molecule has 0 aromatic carbocycles. The molecule has 0 aromatic rings. The zero-order chi connectivity index (χ0) is 11.6. The molecule has 1 spiro atoms. The highest BCUT2D eigenvalue weighted by molar-refractivity contribution is 4.90. The SMILES string of the molecule is CC(C)C(O)CC1CCOC2(CCOC2)C1. The molecule has 2 saturated heterocycles. The molecule has 2 heterocycles. The molecule has 2 fully saturated rings. The molecule has 1 N–H and O–H groups in total.